The number of carbonyl (C=O) groups is 2. The first-order valence-electron chi connectivity index (χ1n) is 8.13. The zero-order chi connectivity index (χ0) is 16.2. The Morgan fingerprint density at radius 3 is 2.96 bits per heavy atom. The zero-order valence-corrected chi connectivity index (χ0v) is 13.4. The number of amides is 1. The molecule has 5 heteroatoms. The van der Waals surface area contributed by atoms with Crippen LogP contribution in [-0.2, 0) is 20.7 Å². The maximum absolute atomic E-state index is 12.6. The lowest BCUT2D eigenvalue weighted by molar-refractivity contribution is -0.154. The molecule has 5 nitrogen and oxygen atoms in total. The van der Waals surface area contributed by atoms with E-state index in [1.54, 1.807) is 4.90 Å². The van der Waals surface area contributed by atoms with Gasteiger partial charge in [0.1, 0.15) is 6.04 Å². The van der Waals surface area contributed by atoms with E-state index in [4.69, 9.17) is 4.74 Å². The van der Waals surface area contributed by atoms with Gasteiger partial charge in [0, 0.05) is 30.1 Å². The van der Waals surface area contributed by atoms with E-state index in [1.165, 1.54) is 7.11 Å². The number of para-hydroxylation sites is 1. The van der Waals surface area contributed by atoms with Crippen molar-refractivity contribution in [2.24, 2.45) is 0 Å². The largest absolute Gasteiger partial charge is 0.467 e. The number of aryl methyl sites for hydroxylation is 1. The quantitative estimate of drug-likeness (QED) is 0.883. The smallest absolute Gasteiger partial charge is 0.328 e. The molecule has 1 fully saturated rings. The molecule has 1 aromatic carbocycles. The Balaban J connectivity index is 1.67. The molecule has 1 aromatic heterocycles. The monoisotopic (exact) mass is 314 g/mol. The van der Waals surface area contributed by atoms with E-state index in [9.17, 15) is 9.59 Å². The predicted octanol–water partition coefficient (Wildman–Crippen LogP) is 2.65. The molecular formula is C18H22N2O3. The van der Waals surface area contributed by atoms with Crippen LogP contribution >= 0.6 is 0 Å². The number of fused-ring (bicyclic) bond motifs is 1. The van der Waals surface area contributed by atoms with E-state index in [1.807, 2.05) is 24.4 Å². The number of hydrogen-bond acceptors (Lipinski definition) is 3. The number of hydrogen-bond donors (Lipinski definition) is 1. The number of ether oxygens (including phenoxy) is 1. The lowest BCUT2D eigenvalue weighted by Gasteiger charge is -2.33. The summed E-state index contributed by atoms with van der Waals surface area (Å²) in [5.74, 6) is -0.268. The molecule has 1 aliphatic rings. The van der Waals surface area contributed by atoms with E-state index in [2.05, 4.69) is 11.1 Å². The Morgan fingerprint density at radius 1 is 1.30 bits per heavy atom. The fourth-order valence-electron chi connectivity index (χ4n) is 3.33. The van der Waals surface area contributed by atoms with Crippen LogP contribution in [-0.4, -0.2) is 41.5 Å². The molecule has 1 atom stereocenters. The average molecular weight is 314 g/mol. The molecule has 1 aliphatic heterocycles. The normalized spacial score (nSPS) is 18.1. The number of nitrogens with zero attached hydrogens (tertiary/aromatic N) is 1. The van der Waals surface area contributed by atoms with E-state index < -0.39 is 6.04 Å². The molecule has 2 heterocycles. The lowest BCUT2D eigenvalue weighted by Crippen LogP contribution is -2.48. The summed E-state index contributed by atoms with van der Waals surface area (Å²) in [6, 6.07) is 7.66. The number of nitrogens with one attached hydrogen (secondary N) is 1. The molecule has 0 spiro atoms. The summed E-state index contributed by atoms with van der Waals surface area (Å²) in [7, 11) is 1.38. The highest BCUT2D eigenvalue weighted by molar-refractivity contribution is 5.86. The van der Waals surface area contributed by atoms with Crippen LogP contribution in [0.3, 0.4) is 0 Å². The number of carbonyl (C=O) groups excluding carboxylic acids is 2. The highest BCUT2D eigenvalue weighted by Gasteiger charge is 2.32. The van der Waals surface area contributed by atoms with Crippen LogP contribution in [0.4, 0.5) is 0 Å². The molecule has 0 aliphatic carbocycles. The van der Waals surface area contributed by atoms with Gasteiger partial charge >= 0.3 is 5.97 Å². The van der Waals surface area contributed by atoms with E-state index in [0.29, 0.717) is 25.8 Å². The second-order valence-corrected chi connectivity index (χ2v) is 5.98. The minimum Gasteiger partial charge on any atom is -0.467 e. The van der Waals surface area contributed by atoms with Gasteiger partial charge in [-0.25, -0.2) is 4.79 Å². The zero-order valence-electron chi connectivity index (χ0n) is 13.4. The van der Waals surface area contributed by atoms with E-state index in [-0.39, 0.29) is 11.9 Å². The minimum atomic E-state index is -0.413. The molecule has 0 saturated carbocycles. The van der Waals surface area contributed by atoms with Gasteiger partial charge < -0.3 is 14.6 Å². The number of likely N-dealkylation sites (tertiary alicyclic amines) is 1. The highest BCUT2D eigenvalue weighted by Crippen LogP contribution is 2.22. The van der Waals surface area contributed by atoms with Crippen LogP contribution < -0.4 is 0 Å². The molecule has 2 aromatic rings. The number of rotatable bonds is 4. The van der Waals surface area contributed by atoms with Crippen molar-refractivity contribution in [2.45, 2.75) is 38.1 Å². The fraction of sp³-hybridized carbons (Fsp3) is 0.444. The van der Waals surface area contributed by atoms with Crippen molar-refractivity contribution in [3.05, 3.63) is 36.0 Å². The second-order valence-electron chi connectivity index (χ2n) is 5.98. The van der Waals surface area contributed by atoms with Crippen LogP contribution in [0.25, 0.3) is 10.9 Å². The van der Waals surface area contributed by atoms with Gasteiger partial charge in [-0.15, -0.1) is 0 Å². The number of aromatic nitrogens is 1. The lowest BCUT2D eigenvalue weighted by atomic mass is 10.0. The molecule has 23 heavy (non-hydrogen) atoms. The molecule has 0 radical (unpaired) electrons. The Hall–Kier alpha value is -2.30. The third-order valence-electron chi connectivity index (χ3n) is 4.58. The van der Waals surface area contributed by atoms with Gasteiger partial charge in [0.25, 0.3) is 0 Å². The van der Waals surface area contributed by atoms with E-state index >= 15 is 0 Å². The van der Waals surface area contributed by atoms with Crippen molar-refractivity contribution < 1.29 is 14.3 Å². The van der Waals surface area contributed by atoms with Crippen molar-refractivity contribution in [2.75, 3.05) is 13.7 Å². The predicted molar refractivity (Wildman–Crippen MR) is 88.0 cm³/mol. The van der Waals surface area contributed by atoms with Crippen LogP contribution in [0.5, 0.6) is 0 Å². The first-order valence-corrected chi connectivity index (χ1v) is 8.13. The van der Waals surface area contributed by atoms with Crippen molar-refractivity contribution in [1.29, 1.82) is 0 Å². The Labute approximate surface area is 135 Å². The van der Waals surface area contributed by atoms with Gasteiger partial charge in [0.05, 0.1) is 7.11 Å². The van der Waals surface area contributed by atoms with Gasteiger partial charge in [-0.3, -0.25) is 4.79 Å². The number of esters is 1. The maximum Gasteiger partial charge on any atom is 0.328 e. The summed E-state index contributed by atoms with van der Waals surface area (Å²) in [4.78, 5) is 29.4. The standard InChI is InChI=1S/C18H22N2O3/c1-23-18(22)16-8-4-5-11-20(16)17(21)10-9-13-12-19-15-7-3-2-6-14(13)15/h2-3,6-7,12,16,19H,4-5,8-11H2,1H3/t16-/m0/s1. The Morgan fingerprint density at radius 2 is 2.13 bits per heavy atom. The summed E-state index contributed by atoms with van der Waals surface area (Å²) >= 11 is 0. The first kappa shape index (κ1) is 15.6. The Bertz CT molecular complexity index is 707. The summed E-state index contributed by atoms with van der Waals surface area (Å²) in [6.07, 6.45) is 5.67. The van der Waals surface area contributed by atoms with Crippen molar-refractivity contribution in [3.8, 4) is 0 Å². The third-order valence-corrected chi connectivity index (χ3v) is 4.58. The van der Waals surface area contributed by atoms with Crippen LogP contribution in [0.15, 0.2) is 30.5 Å². The van der Waals surface area contributed by atoms with Crippen LogP contribution in [0.1, 0.15) is 31.2 Å². The first-order chi connectivity index (χ1) is 11.2. The molecule has 1 N–H and O–H groups in total. The highest BCUT2D eigenvalue weighted by atomic mass is 16.5. The van der Waals surface area contributed by atoms with Crippen molar-refractivity contribution in [3.63, 3.8) is 0 Å². The van der Waals surface area contributed by atoms with Crippen molar-refractivity contribution >= 4 is 22.8 Å². The van der Waals surface area contributed by atoms with Gasteiger partial charge in [-0.2, -0.15) is 0 Å². The molecule has 1 amide bonds. The summed E-state index contributed by atoms with van der Waals surface area (Å²) in [5.41, 5.74) is 2.22. The fourth-order valence-corrected chi connectivity index (χ4v) is 3.33. The van der Waals surface area contributed by atoms with Gasteiger partial charge in [0.15, 0.2) is 0 Å². The molecule has 3 rings (SSSR count). The topological polar surface area (TPSA) is 62.4 Å². The number of benzene rings is 1. The number of methoxy groups -OCH3 is 1. The Kier molecular flexibility index (Phi) is 4.65. The number of piperidine rings is 1. The third kappa shape index (κ3) is 3.23. The molecule has 0 bridgehead atoms. The second kappa shape index (κ2) is 6.86. The summed E-state index contributed by atoms with van der Waals surface area (Å²) < 4.78 is 4.84. The van der Waals surface area contributed by atoms with Gasteiger partial charge in [-0.1, -0.05) is 18.2 Å². The summed E-state index contributed by atoms with van der Waals surface area (Å²) in [6.45, 7) is 0.645. The SMILES string of the molecule is COC(=O)[C@@H]1CCCCN1C(=O)CCc1c[nH]c2ccccc12. The van der Waals surface area contributed by atoms with Crippen molar-refractivity contribution in [1.82, 2.24) is 9.88 Å². The average Bonchev–Trinajstić information content (AvgIpc) is 3.02. The molecule has 0 unspecified atom stereocenters. The molecule has 122 valence electrons. The minimum absolute atomic E-state index is 0.0328. The number of aromatic amines is 1. The number of H-pyrrole nitrogens is 1. The molecular weight excluding hydrogens is 292 g/mol. The van der Waals surface area contributed by atoms with Gasteiger partial charge in [-0.05, 0) is 37.3 Å². The van der Waals surface area contributed by atoms with E-state index in [0.717, 1.165) is 29.3 Å². The van der Waals surface area contributed by atoms with Crippen LogP contribution in [0.2, 0.25) is 0 Å². The van der Waals surface area contributed by atoms with Crippen LogP contribution in [0, 0.1) is 0 Å². The van der Waals surface area contributed by atoms with Gasteiger partial charge in [0.2, 0.25) is 5.91 Å². The molecule has 1 saturated heterocycles. The maximum atomic E-state index is 12.6. The summed E-state index contributed by atoms with van der Waals surface area (Å²) in [5, 5.41) is 1.16.